The van der Waals surface area contributed by atoms with E-state index in [1.54, 1.807) is 0 Å². The summed E-state index contributed by atoms with van der Waals surface area (Å²) in [6, 6.07) is 0. The molecule has 0 aromatic heterocycles. The van der Waals surface area contributed by atoms with Gasteiger partial charge >= 0.3 is 72.8 Å². The molecule has 1 saturated heterocycles. The average molecular weight is 325 g/mol. The van der Waals surface area contributed by atoms with Crippen LogP contribution in [0.3, 0.4) is 0 Å². The van der Waals surface area contributed by atoms with Crippen LogP contribution in [0.1, 0.15) is 2.85 Å². The molecule has 1 fully saturated rings. The summed E-state index contributed by atoms with van der Waals surface area (Å²) < 4.78 is 11.4. The number of carbonyl (C=O) groups is 1. The zero-order chi connectivity index (χ0) is 10.9. The molecule has 0 aromatic rings. The van der Waals surface area contributed by atoms with Crippen LogP contribution in [0.2, 0.25) is 0 Å². The summed E-state index contributed by atoms with van der Waals surface area (Å²) in [5.41, 5.74) is 0. The zero-order valence-electron chi connectivity index (χ0n) is 12.6. The first-order valence-corrected chi connectivity index (χ1v) is 5.27. The van der Waals surface area contributed by atoms with Crippen molar-refractivity contribution in [1.82, 2.24) is 9.57 Å². The van der Waals surface area contributed by atoms with Gasteiger partial charge in [-0.05, 0) is 0 Å². The van der Waals surface area contributed by atoms with E-state index in [9.17, 15) is 9.36 Å². The maximum Gasteiger partial charge on any atom is 1.00 e. The van der Waals surface area contributed by atoms with E-state index in [1.807, 2.05) is 0 Å². The van der Waals surface area contributed by atoms with Gasteiger partial charge in [-0.3, -0.25) is 10.2 Å². The van der Waals surface area contributed by atoms with Crippen LogP contribution < -0.4 is 59.1 Å². The molecule has 1 rings (SSSR count). The second-order valence-electron chi connectivity index (χ2n) is 2.78. The number of carboxylic acids is 1. The predicted octanol–water partition coefficient (Wildman–Crippen LogP) is -9.53. The van der Waals surface area contributed by atoms with Crippen LogP contribution in [0.5, 0.6) is 0 Å². The summed E-state index contributed by atoms with van der Waals surface area (Å²) in [4.78, 5) is 28.9. The van der Waals surface area contributed by atoms with Crippen LogP contribution in [0, 0.1) is 5.41 Å². The third kappa shape index (κ3) is 9.34. The van der Waals surface area contributed by atoms with Gasteiger partial charge < -0.3 is 39.1 Å². The summed E-state index contributed by atoms with van der Waals surface area (Å²) in [7, 11) is -4.48. The molecule has 0 bridgehead atoms. The summed E-state index contributed by atoms with van der Waals surface area (Å²) in [5.74, 6) is -1.58. The van der Waals surface area contributed by atoms with Crippen molar-refractivity contribution in [3.63, 3.8) is 0 Å². The zero-order valence-corrected chi connectivity index (χ0v) is 15.5. The predicted molar refractivity (Wildman–Crippen MR) is 58.8 cm³/mol. The topological polar surface area (TPSA) is 220 Å². The molecule has 0 atom stereocenters. The van der Waals surface area contributed by atoms with E-state index in [-0.39, 0.29) is 91.5 Å². The summed E-state index contributed by atoms with van der Waals surface area (Å²) in [5, 5.41) is 15.7. The number of guanidine groups is 1. The van der Waals surface area contributed by atoms with Crippen LogP contribution >= 0.6 is 7.75 Å². The van der Waals surface area contributed by atoms with Gasteiger partial charge in [0.2, 0.25) is 5.96 Å². The smallest absolute Gasteiger partial charge is 1.00 e. The van der Waals surface area contributed by atoms with E-state index < -0.39 is 26.2 Å². The molecule has 1 aliphatic heterocycles. The molecule has 0 amide bonds. The molecular formula is C5H18N3Na2O8P. The average Bonchev–Trinajstić information content (AvgIpc) is 2.30. The SMILES string of the molecule is N=C1N(CC(=O)O)CCN1P(=O)(O)O.O.O.O.[H-].[H-].[Na+].[Na+]. The normalized spacial score (nSPS) is 13.1. The summed E-state index contributed by atoms with van der Waals surface area (Å²) >= 11 is 0. The third-order valence-electron chi connectivity index (χ3n) is 1.77. The van der Waals surface area contributed by atoms with E-state index in [4.69, 9.17) is 20.3 Å². The molecule has 19 heavy (non-hydrogen) atoms. The van der Waals surface area contributed by atoms with Crippen molar-refractivity contribution in [3.8, 4) is 0 Å². The minimum Gasteiger partial charge on any atom is -1.00 e. The van der Waals surface area contributed by atoms with Gasteiger partial charge in [0.05, 0.1) is 0 Å². The Balaban J connectivity index is -0.0000000560. The number of aliphatic carboxylic acids is 1. The maximum atomic E-state index is 10.8. The Labute approximate surface area is 156 Å². The molecule has 1 aliphatic rings. The Morgan fingerprint density at radius 2 is 1.68 bits per heavy atom. The number of nitrogens with one attached hydrogen (secondary N) is 1. The number of hydrogen-bond donors (Lipinski definition) is 4. The van der Waals surface area contributed by atoms with Gasteiger partial charge in [-0.2, -0.15) is 0 Å². The fraction of sp³-hybridized carbons (Fsp3) is 0.600. The van der Waals surface area contributed by atoms with E-state index in [1.165, 1.54) is 0 Å². The first-order chi connectivity index (χ1) is 6.32. The maximum absolute atomic E-state index is 10.8. The van der Waals surface area contributed by atoms with Crippen molar-refractivity contribution in [2.75, 3.05) is 19.6 Å². The van der Waals surface area contributed by atoms with Crippen molar-refractivity contribution >= 4 is 19.7 Å². The molecular weight excluding hydrogens is 307 g/mol. The standard InChI is InChI=1S/C5H10N3O5P.2Na.3H2O.2H/c6-5-7(3-4(9)10)1-2-8(5)14(11,12)13;;;;;;;/h6H,1-3H2,(H,9,10)(H2,11,12,13);;;3*1H2;;/q;2*+1;;;;2*-1. The summed E-state index contributed by atoms with van der Waals surface area (Å²) in [6.45, 7) is -0.317. The minimum atomic E-state index is -4.48. The molecule has 14 heteroatoms. The summed E-state index contributed by atoms with van der Waals surface area (Å²) in [6.07, 6.45) is 0. The Bertz CT molecular complexity index is 335. The molecule has 0 aromatic carbocycles. The molecule has 11 nitrogen and oxygen atoms in total. The fourth-order valence-electron chi connectivity index (χ4n) is 1.16. The van der Waals surface area contributed by atoms with Crippen LogP contribution in [0.4, 0.5) is 0 Å². The Morgan fingerprint density at radius 1 is 1.26 bits per heavy atom. The Kier molecular flexibility index (Phi) is 21.0. The number of nitrogens with zero attached hydrogens (tertiary/aromatic N) is 2. The van der Waals surface area contributed by atoms with Crippen molar-refractivity contribution in [2.45, 2.75) is 0 Å². The van der Waals surface area contributed by atoms with Crippen molar-refractivity contribution < 1.29 is 103 Å². The van der Waals surface area contributed by atoms with E-state index >= 15 is 0 Å². The number of hydrogen-bond acceptors (Lipinski definition) is 3. The second-order valence-corrected chi connectivity index (χ2v) is 4.28. The molecule has 0 radical (unpaired) electrons. The largest absolute Gasteiger partial charge is 1.00 e. The van der Waals surface area contributed by atoms with Gasteiger partial charge in [-0.1, -0.05) is 0 Å². The first-order valence-electron chi connectivity index (χ1n) is 3.71. The fourth-order valence-corrected chi connectivity index (χ4v) is 1.88. The van der Waals surface area contributed by atoms with E-state index in [2.05, 4.69) is 0 Å². The van der Waals surface area contributed by atoms with Crippen molar-refractivity contribution in [1.29, 1.82) is 5.41 Å². The molecule has 0 unspecified atom stereocenters. The quantitative estimate of drug-likeness (QED) is 0.289. The number of rotatable bonds is 3. The van der Waals surface area contributed by atoms with Gasteiger partial charge in [-0.25, -0.2) is 9.24 Å². The molecule has 0 saturated carbocycles. The van der Waals surface area contributed by atoms with Gasteiger partial charge in [0, 0.05) is 13.1 Å². The van der Waals surface area contributed by atoms with Gasteiger partial charge in [-0.15, -0.1) is 0 Å². The Hall–Kier alpha value is 0.770. The van der Waals surface area contributed by atoms with Gasteiger partial charge in [0.1, 0.15) is 6.54 Å². The van der Waals surface area contributed by atoms with Crippen molar-refractivity contribution in [3.05, 3.63) is 0 Å². The molecule has 0 aliphatic carbocycles. The van der Waals surface area contributed by atoms with Crippen LogP contribution in [0.15, 0.2) is 0 Å². The molecule has 0 spiro atoms. The van der Waals surface area contributed by atoms with Crippen LogP contribution in [-0.2, 0) is 9.36 Å². The van der Waals surface area contributed by atoms with Crippen LogP contribution in [0.25, 0.3) is 0 Å². The van der Waals surface area contributed by atoms with E-state index in [0.29, 0.717) is 4.67 Å². The Morgan fingerprint density at radius 3 is 1.95 bits per heavy atom. The molecule has 108 valence electrons. The third-order valence-corrected chi connectivity index (χ3v) is 2.78. The molecule has 10 N–H and O–H groups in total. The first kappa shape index (κ1) is 31.9. The minimum absolute atomic E-state index is 0. The van der Waals surface area contributed by atoms with Gasteiger partial charge in [0.15, 0.2) is 0 Å². The second kappa shape index (κ2) is 12.5. The van der Waals surface area contributed by atoms with Crippen LogP contribution in [-0.4, -0.2) is 72.5 Å². The van der Waals surface area contributed by atoms with Gasteiger partial charge in [0.25, 0.3) is 0 Å². The number of carboxylic acid groups (broad SMARTS) is 1. The molecule has 1 heterocycles. The monoisotopic (exact) mass is 325 g/mol. The van der Waals surface area contributed by atoms with Crippen molar-refractivity contribution in [2.24, 2.45) is 0 Å². The van der Waals surface area contributed by atoms with E-state index in [0.717, 1.165) is 4.90 Å².